The third kappa shape index (κ3) is 6.11. The Hall–Kier alpha value is -3.38. The molecule has 2 aromatic heterocycles. The summed E-state index contributed by atoms with van der Waals surface area (Å²) in [4.78, 5) is 22.5. The molecule has 0 aliphatic rings. The molecule has 2 heterocycles. The molecule has 0 aliphatic heterocycles. The second-order valence-corrected chi connectivity index (χ2v) is 9.04. The Labute approximate surface area is 195 Å². The summed E-state index contributed by atoms with van der Waals surface area (Å²) in [5.41, 5.74) is 5.26. The molecule has 33 heavy (non-hydrogen) atoms. The molecule has 0 saturated heterocycles. The molecule has 2 N–H and O–H groups in total. The van der Waals surface area contributed by atoms with Crippen LogP contribution >= 0.6 is 0 Å². The molecule has 4 aromatic rings. The summed E-state index contributed by atoms with van der Waals surface area (Å²) >= 11 is 0. The Morgan fingerprint density at radius 2 is 2.00 bits per heavy atom. The van der Waals surface area contributed by atoms with Crippen molar-refractivity contribution in [2.24, 2.45) is 5.92 Å². The first-order chi connectivity index (χ1) is 16.0. The molecule has 0 saturated carbocycles. The number of para-hydroxylation sites is 1. The number of aromatic amines is 1. The van der Waals surface area contributed by atoms with Crippen LogP contribution in [0.4, 0.5) is 0 Å². The zero-order chi connectivity index (χ0) is 23.2. The average Bonchev–Trinajstić information content (AvgIpc) is 3.43. The van der Waals surface area contributed by atoms with Crippen LogP contribution in [-0.4, -0.2) is 33.9 Å². The summed E-state index contributed by atoms with van der Waals surface area (Å²) < 4.78 is 5.67. The molecule has 0 bridgehead atoms. The Morgan fingerprint density at radius 3 is 2.82 bits per heavy atom. The van der Waals surface area contributed by atoms with Gasteiger partial charge in [0.25, 0.3) is 5.91 Å². The van der Waals surface area contributed by atoms with Gasteiger partial charge in [0, 0.05) is 36.7 Å². The van der Waals surface area contributed by atoms with Crippen LogP contribution < -0.4 is 5.32 Å². The van der Waals surface area contributed by atoms with Crippen molar-refractivity contribution in [3.05, 3.63) is 89.3 Å². The molecule has 0 spiro atoms. The number of nitrogens with one attached hydrogen (secondary N) is 2. The van der Waals surface area contributed by atoms with E-state index in [0.29, 0.717) is 30.6 Å². The largest absolute Gasteiger partial charge is 0.447 e. The van der Waals surface area contributed by atoms with Crippen LogP contribution in [0.1, 0.15) is 46.9 Å². The number of rotatable bonds is 10. The number of aryl methyl sites for hydroxylation is 1. The van der Waals surface area contributed by atoms with Crippen LogP contribution in [0, 0.1) is 12.8 Å². The van der Waals surface area contributed by atoms with Crippen molar-refractivity contribution in [3.63, 3.8) is 0 Å². The number of hydrogen-bond donors (Lipinski definition) is 2. The Morgan fingerprint density at radius 1 is 1.15 bits per heavy atom. The fourth-order valence-electron chi connectivity index (χ4n) is 3.97. The minimum absolute atomic E-state index is 0.192. The number of amides is 1. The molecule has 2 aromatic carbocycles. The van der Waals surface area contributed by atoms with Crippen molar-refractivity contribution >= 4 is 16.8 Å². The third-order valence-corrected chi connectivity index (χ3v) is 5.68. The monoisotopic (exact) mass is 444 g/mol. The standard InChI is InChI=1S/C27H32N4O2/c1-19(2)14-29-27(32)25-18-33-26(30-25)17-31(16-21-8-6-7-20(3)13-21)12-11-22-15-28-24-10-5-4-9-23(22)24/h4-10,13,15,18-19,28H,11-12,14,16-17H2,1-3H3,(H,29,32). The van der Waals surface area contributed by atoms with E-state index in [1.807, 2.05) is 6.07 Å². The molecule has 0 radical (unpaired) electrons. The summed E-state index contributed by atoms with van der Waals surface area (Å²) in [7, 11) is 0. The van der Waals surface area contributed by atoms with Crippen LogP contribution in [0.5, 0.6) is 0 Å². The molecule has 1 amide bonds. The fourth-order valence-corrected chi connectivity index (χ4v) is 3.97. The Kier molecular flexibility index (Phi) is 7.25. The lowest BCUT2D eigenvalue weighted by molar-refractivity contribution is 0.0944. The van der Waals surface area contributed by atoms with Gasteiger partial charge in [0.15, 0.2) is 5.69 Å². The van der Waals surface area contributed by atoms with Crippen LogP contribution in [0.25, 0.3) is 10.9 Å². The number of aromatic nitrogens is 2. The summed E-state index contributed by atoms with van der Waals surface area (Å²) in [6, 6.07) is 16.9. The predicted molar refractivity (Wildman–Crippen MR) is 131 cm³/mol. The summed E-state index contributed by atoms with van der Waals surface area (Å²) in [5.74, 6) is 0.744. The normalized spacial score (nSPS) is 11.5. The van der Waals surface area contributed by atoms with Crippen LogP contribution in [0.15, 0.2) is 65.4 Å². The lowest BCUT2D eigenvalue weighted by Gasteiger charge is -2.21. The second kappa shape index (κ2) is 10.5. The van der Waals surface area contributed by atoms with Crippen molar-refractivity contribution in [3.8, 4) is 0 Å². The number of H-pyrrole nitrogens is 1. The first-order valence-electron chi connectivity index (χ1n) is 11.5. The number of oxazole rings is 1. The Balaban J connectivity index is 1.47. The zero-order valence-electron chi connectivity index (χ0n) is 19.6. The van der Waals surface area contributed by atoms with Crippen molar-refractivity contribution in [1.29, 1.82) is 0 Å². The van der Waals surface area contributed by atoms with E-state index in [9.17, 15) is 4.79 Å². The average molecular weight is 445 g/mol. The van der Waals surface area contributed by atoms with Gasteiger partial charge in [-0.05, 0) is 36.5 Å². The highest BCUT2D eigenvalue weighted by Crippen LogP contribution is 2.19. The van der Waals surface area contributed by atoms with E-state index in [2.05, 4.69) is 89.6 Å². The highest BCUT2D eigenvalue weighted by atomic mass is 16.3. The van der Waals surface area contributed by atoms with Crippen LogP contribution in [-0.2, 0) is 19.5 Å². The molecule has 4 rings (SSSR count). The van der Waals surface area contributed by atoms with Crippen molar-refractivity contribution in [2.75, 3.05) is 13.1 Å². The van der Waals surface area contributed by atoms with Gasteiger partial charge in [0.2, 0.25) is 5.89 Å². The fraction of sp³-hybridized carbons (Fsp3) is 0.333. The summed E-state index contributed by atoms with van der Waals surface area (Å²) in [6.07, 6.45) is 4.45. The number of carbonyl (C=O) groups is 1. The smallest absolute Gasteiger partial charge is 0.273 e. The van der Waals surface area contributed by atoms with Gasteiger partial charge in [0.05, 0.1) is 6.54 Å². The molecule has 0 fully saturated rings. The van der Waals surface area contributed by atoms with Crippen molar-refractivity contribution in [2.45, 2.75) is 40.3 Å². The van der Waals surface area contributed by atoms with Gasteiger partial charge < -0.3 is 14.7 Å². The van der Waals surface area contributed by atoms with E-state index >= 15 is 0 Å². The first-order valence-corrected chi connectivity index (χ1v) is 11.5. The molecule has 0 atom stereocenters. The molecule has 6 heteroatoms. The van der Waals surface area contributed by atoms with Gasteiger partial charge in [-0.15, -0.1) is 0 Å². The molecule has 0 aliphatic carbocycles. The van der Waals surface area contributed by atoms with Crippen molar-refractivity contribution < 1.29 is 9.21 Å². The van der Waals surface area contributed by atoms with E-state index < -0.39 is 0 Å². The minimum Gasteiger partial charge on any atom is -0.447 e. The van der Waals surface area contributed by atoms with E-state index in [-0.39, 0.29) is 5.91 Å². The maximum Gasteiger partial charge on any atom is 0.273 e. The number of fused-ring (bicyclic) bond motifs is 1. The zero-order valence-corrected chi connectivity index (χ0v) is 19.6. The third-order valence-electron chi connectivity index (χ3n) is 5.68. The van der Waals surface area contributed by atoms with E-state index in [1.165, 1.54) is 28.3 Å². The number of hydrogen-bond acceptors (Lipinski definition) is 4. The molecular weight excluding hydrogens is 412 g/mol. The molecule has 172 valence electrons. The highest BCUT2D eigenvalue weighted by Gasteiger charge is 2.16. The van der Waals surface area contributed by atoms with Crippen LogP contribution in [0.3, 0.4) is 0 Å². The minimum atomic E-state index is -0.192. The van der Waals surface area contributed by atoms with E-state index in [4.69, 9.17) is 4.42 Å². The van der Waals surface area contributed by atoms with E-state index in [1.54, 1.807) is 0 Å². The number of benzene rings is 2. The van der Waals surface area contributed by atoms with Gasteiger partial charge in [-0.2, -0.15) is 0 Å². The van der Waals surface area contributed by atoms with Crippen LogP contribution in [0.2, 0.25) is 0 Å². The van der Waals surface area contributed by atoms with Gasteiger partial charge in [-0.3, -0.25) is 9.69 Å². The first kappa shape index (κ1) is 22.8. The maximum absolute atomic E-state index is 12.3. The van der Waals surface area contributed by atoms with Gasteiger partial charge in [-0.1, -0.05) is 61.9 Å². The van der Waals surface area contributed by atoms with Gasteiger partial charge >= 0.3 is 0 Å². The number of nitrogens with zero attached hydrogens (tertiary/aromatic N) is 2. The predicted octanol–water partition coefficient (Wildman–Crippen LogP) is 5.10. The summed E-state index contributed by atoms with van der Waals surface area (Å²) in [6.45, 7) is 9.00. The lowest BCUT2D eigenvalue weighted by Crippen LogP contribution is -2.28. The number of carbonyl (C=O) groups excluding carboxylic acids is 1. The lowest BCUT2D eigenvalue weighted by atomic mass is 10.1. The molecule has 6 nitrogen and oxygen atoms in total. The van der Waals surface area contributed by atoms with Gasteiger partial charge in [0.1, 0.15) is 6.26 Å². The molecule has 0 unspecified atom stereocenters. The second-order valence-electron chi connectivity index (χ2n) is 9.04. The van der Waals surface area contributed by atoms with Gasteiger partial charge in [-0.25, -0.2) is 4.98 Å². The maximum atomic E-state index is 12.3. The highest BCUT2D eigenvalue weighted by molar-refractivity contribution is 5.91. The topological polar surface area (TPSA) is 74.2 Å². The summed E-state index contributed by atoms with van der Waals surface area (Å²) in [5, 5.41) is 4.15. The quantitative estimate of drug-likeness (QED) is 0.357. The van der Waals surface area contributed by atoms with E-state index in [0.717, 1.165) is 25.0 Å². The Bertz CT molecular complexity index is 1210. The molecular formula is C27H32N4O2. The SMILES string of the molecule is Cc1cccc(CN(CCc2c[nH]c3ccccc23)Cc2nc(C(=O)NCC(C)C)co2)c1. The van der Waals surface area contributed by atoms with Crippen molar-refractivity contribution in [1.82, 2.24) is 20.2 Å².